The van der Waals surface area contributed by atoms with E-state index in [-0.39, 0.29) is 17.6 Å². The molecule has 0 amide bonds. The zero-order chi connectivity index (χ0) is 15.8. The summed E-state index contributed by atoms with van der Waals surface area (Å²) in [4.78, 5) is 4.17. The summed E-state index contributed by atoms with van der Waals surface area (Å²) in [6.45, 7) is 0. The summed E-state index contributed by atoms with van der Waals surface area (Å²) in [6, 6.07) is 11.3. The van der Waals surface area contributed by atoms with Gasteiger partial charge in [-0.05, 0) is 36.4 Å². The van der Waals surface area contributed by atoms with E-state index < -0.39 is 0 Å². The second kappa shape index (κ2) is 5.33. The van der Waals surface area contributed by atoms with Crippen molar-refractivity contribution in [1.29, 1.82) is 0 Å². The third-order valence-corrected chi connectivity index (χ3v) is 4.06. The molecule has 8 heteroatoms. The summed E-state index contributed by atoms with van der Waals surface area (Å²) < 4.78 is 19.9. The average Bonchev–Trinajstić information content (AvgIpc) is 3.16. The van der Waals surface area contributed by atoms with Crippen LogP contribution in [-0.2, 0) is 0 Å². The Morgan fingerprint density at radius 2 is 1.91 bits per heavy atom. The Morgan fingerprint density at radius 1 is 1.09 bits per heavy atom. The molecule has 23 heavy (non-hydrogen) atoms. The molecule has 0 aliphatic carbocycles. The molecular formula is C15H9FN4O2S. The topological polar surface area (TPSA) is 84.1 Å². The number of hydrogen-bond donors (Lipinski definition) is 2. The molecule has 2 aromatic heterocycles. The van der Waals surface area contributed by atoms with Crippen LogP contribution in [0.25, 0.3) is 21.7 Å². The van der Waals surface area contributed by atoms with Gasteiger partial charge in [-0.1, -0.05) is 22.5 Å². The highest BCUT2D eigenvalue weighted by Crippen LogP contribution is 2.30. The van der Waals surface area contributed by atoms with Crippen LogP contribution in [0.1, 0.15) is 0 Å². The van der Waals surface area contributed by atoms with Crippen molar-refractivity contribution in [1.82, 2.24) is 15.2 Å². The van der Waals surface area contributed by atoms with Crippen molar-refractivity contribution >= 4 is 32.7 Å². The number of nitrogens with one attached hydrogen (secondary N) is 1. The summed E-state index contributed by atoms with van der Waals surface area (Å²) in [5.74, 6) is 0.0880. The van der Waals surface area contributed by atoms with Crippen molar-refractivity contribution < 1.29 is 13.9 Å². The number of phenolic OH excluding ortho intramolecular Hbond substituents is 1. The van der Waals surface area contributed by atoms with Crippen molar-refractivity contribution in [2.45, 2.75) is 0 Å². The highest BCUT2D eigenvalue weighted by molar-refractivity contribution is 7.22. The van der Waals surface area contributed by atoms with Gasteiger partial charge < -0.3 is 9.52 Å². The average molecular weight is 328 g/mol. The van der Waals surface area contributed by atoms with E-state index in [1.54, 1.807) is 24.3 Å². The first kappa shape index (κ1) is 13.6. The predicted molar refractivity (Wildman–Crippen MR) is 84.3 cm³/mol. The van der Waals surface area contributed by atoms with Gasteiger partial charge in [0.15, 0.2) is 5.13 Å². The van der Waals surface area contributed by atoms with Crippen LogP contribution in [0.2, 0.25) is 0 Å². The molecule has 0 saturated carbocycles. The quantitative estimate of drug-likeness (QED) is 0.593. The first-order chi connectivity index (χ1) is 11.2. The summed E-state index contributed by atoms with van der Waals surface area (Å²) >= 11 is 1.29. The van der Waals surface area contributed by atoms with E-state index in [2.05, 4.69) is 20.5 Å². The molecule has 0 aliphatic rings. The lowest BCUT2D eigenvalue weighted by Gasteiger charge is -1.95. The molecule has 2 N–H and O–H groups in total. The van der Waals surface area contributed by atoms with Gasteiger partial charge in [-0.15, -0.1) is 5.10 Å². The maximum Gasteiger partial charge on any atom is 0.322 e. The Labute approximate surface area is 133 Å². The van der Waals surface area contributed by atoms with Crippen LogP contribution < -0.4 is 5.32 Å². The van der Waals surface area contributed by atoms with Crippen molar-refractivity contribution in [2.24, 2.45) is 0 Å². The Kier molecular flexibility index (Phi) is 3.16. The number of aromatic hydroxyl groups is 1. The fourth-order valence-electron chi connectivity index (χ4n) is 2.05. The molecule has 0 unspecified atom stereocenters. The largest absolute Gasteiger partial charge is 0.508 e. The zero-order valence-corrected chi connectivity index (χ0v) is 12.3. The minimum Gasteiger partial charge on any atom is -0.508 e. The molecule has 0 saturated heterocycles. The smallest absolute Gasteiger partial charge is 0.322 e. The Balaban J connectivity index is 1.61. The minimum atomic E-state index is -0.373. The number of para-hydroxylation sites is 1. The van der Waals surface area contributed by atoms with Crippen LogP contribution in [0.15, 0.2) is 46.9 Å². The van der Waals surface area contributed by atoms with Gasteiger partial charge in [0.25, 0.3) is 0 Å². The van der Waals surface area contributed by atoms with Crippen molar-refractivity contribution in [3.8, 4) is 17.2 Å². The number of halogens is 1. The molecule has 0 aliphatic heterocycles. The Bertz CT molecular complexity index is 981. The molecule has 2 aromatic carbocycles. The molecule has 2 heterocycles. The lowest BCUT2D eigenvalue weighted by Crippen LogP contribution is -1.89. The molecule has 0 radical (unpaired) electrons. The summed E-state index contributed by atoms with van der Waals surface area (Å²) in [7, 11) is 0. The second-order valence-corrected chi connectivity index (χ2v) is 5.72. The van der Waals surface area contributed by atoms with Gasteiger partial charge in [-0.2, -0.15) is 0 Å². The van der Waals surface area contributed by atoms with Crippen LogP contribution >= 0.6 is 11.3 Å². The normalized spacial score (nSPS) is 11.0. The van der Waals surface area contributed by atoms with E-state index in [0.29, 0.717) is 22.1 Å². The van der Waals surface area contributed by atoms with Crippen LogP contribution in [0.3, 0.4) is 0 Å². The molecule has 0 spiro atoms. The number of aromatic nitrogens is 3. The predicted octanol–water partition coefficient (Wildman–Crippen LogP) is 3.93. The number of hydrogen-bond acceptors (Lipinski definition) is 7. The molecular weight excluding hydrogens is 319 g/mol. The second-order valence-electron chi connectivity index (χ2n) is 4.69. The molecule has 0 fully saturated rings. The molecule has 0 bridgehead atoms. The van der Waals surface area contributed by atoms with Gasteiger partial charge in [-0.25, -0.2) is 9.37 Å². The lowest BCUT2D eigenvalue weighted by molar-refractivity contribution is 0.475. The van der Waals surface area contributed by atoms with Crippen molar-refractivity contribution in [3.63, 3.8) is 0 Å². The first-order valence-corrected chi connectivity index (χ1v) is 7.46. The Hall–Kier alpha value is -3.00. The maximum absolute atomic E-state index is 13.6. The monoisotopic (exact) mass is 328 g/mol. The van der Waals surface area contributed by atoms with Gasteiger partial charge in [0, 0.05) is 5.56 Å². The third kappa shape index (κ3) is 2.59. The first-order valence-electron chi connectivity index (χ1n) is 6.64. The Morgan fingerprint density at radius 3 is 2.70 bits per heavy atom. The number of rotatable bonds is 3. The fourth-order valence-corrected chi connectivity index (χ4v) is 2.92. The SMILES string of the molecule is Oc1ccc(-c2nnc(Nc3nc4c(F)cccc4s3)o2)cc1. The van der Waals surface area contributed by atoms with Crippen LogP contribution in [0, 0.1) is 5.82 Å². The van der Waals surface area contributed by atoms with Crippen LogP contribution in [0.4, 0.5) is 15.5 Å². The highest BCUT2D eigenvalue weighted by Gasteiger charge is 2.12. The molecule has 6 nitrogen and oxygen atoms in total. The molecule has 4 aromatic rings. The number of fused-ring (bicyclic) bond motifs is 1. The zero-order valence-electron chi connectivity index (χ0n) is 11.5. The number of thiazole rings is 1. The number of nitrogens with zero attached hydrogens (tertiary/aromatic N) is 3. The standard InChI is InChI=1S/C15H9FN4O2S/c16-10-2-1-3-11-12(10)17-15(23-11)18-14-20-19-13(22-14)8-4-6-9(21)7-5-8/h1-7,21H,(H,17,18,20). The lowest BCUT2D eigenvalue weighted by atomic mass is 10.2. The van der Waals surface area contributed by atoms with Gasteiger partial charge in [0.05, 0.1) is 4.70 Å². The van der Waals surface area contributed by atoms with E-state index in [4.69, 9.17) is 4.42 Å². The fraction of sp³-hybridized carbons (Fsp3) is 0. The van der Waals surface area contributed by atoms with E-state index in [1.165, 1.54) is 29.5 Å². The molecule has 0 atom stereocenters. The van der Waals surface area contributed by atoms with Gasteiger partial charge in [-0.3, -0.25) is 5.32 Å². The molecule has 114 valence electrons. The van der Waals surface area contributed by atoms with E-state index >= 15 is 0 Å². The molecule has 4 rings (SSSR count). The van der Waals surface area contributed by atoms with E-state index in [0.717, 1.165) is 4.70 Å². The van der Waals surface area contributed by atoms with Crippen LogP contribution in [0.5, 0.6) is 5.75 Å². The van der Waals surface area contributed by atoms with Crippen LogP contribution in [-0.4, -0.2) is 20.3 Å². The minimum absolute atomic E-state index is 0.156. The summed E-state index contributed by atoms with van der Waals surface area (Å²) in [6.07, 6.45) is 0. The van der Waals surface area contributed by atoms with Crippen molar-refractivity contribution in [2.75, 3.05) is 5.32 Å². The van der Waals surface area contributed by atoms with Gasteiger partial charge in [0.2, 0.25) is 5.89 Å². The van der Waals surface area contributed by atoms with E-state index in [9.17, 15) is 9.50 Å². The number of anilines is 2. The van der Waals surface area contributed by atoms with E-state index in [1.807, 2.05) is 0 Å². The third-order valence-electron chi connectivity index (χ3n) is 3.12. The number of phenols is 1. The summed E-state index contributed by atoms with van der Waals surface area (Å²) in [5, 5.41) is 20.4. The summed E-state index contributed by atoms with van der Waals surface area (Å²) in [5.41, 5.74) is 0.983. The highest BCUT2D eigenvalue weighted by atomic mass is 32.1. The van der Waals surface area contributed by atoms with Crippen molar-refractivity contribution in [3.05, 3.63) is 48.3 Å². The number of benzene rings is 2. The maximum atomic E-state index is 13.6. The van der Waals surface area contributed by atoms with Gasteiger partial charge in [0.1, 0.15) is 17.1 Å². The van der Waals surface area contributed by atoms with Gasteiger partial charge >= 0.3 is 6.01 Å².